The van der Waals surface area contributed by atoms with Gasteiger partial charge >= 0.3 is 0 Å². The van der Waals surface area contributed by atoms with Crippen molar-refractivity contribution in [3.05, 3.63) is 182 Å². The summed E-state index contributed by atoms with van der Waals surface area (Å²) in [6.07, 6.45) is 42.2. The maximum Gasteiger partial charge on any atom is 0.137 e. The molecule has 0 aliphatic heterocycles. The smallest absolute Gasteiger partial charge is 0.137 e. The molecule has 0 radical (unpaired) electrons. The van der Waals surface area contributed by atoms with E-state index in [0.29, 0.717) is 5.92 Å². The van der Waals surface area contributed by atoms with E-state index in [0.717, 1.165) is 75.5 Å². The van der Waals surface area contributed by atoms with E-state index in [1.165, 1.54) is 98.1 Å². The summed E-state index contributed by atoms with van der Waals surface area (Å²) in [5.74, 6) is 1.63. The quantitative estimate of drug-likeness (QED) is 0.171. The molecule has 5 aromatic carbocycles. The number of imidazole rings is 1. The first-order valence-corrected chi connectivity index (χ1v) is 22.5. The lowest BCUT2D eigenvalue weighted by atomic mass is 9.75. The summed E-state index contributed by atoms with van der Waals surface area (Å²) >= 11 is 0. The van der Waals surface area contributed by atoms with Gasteiger partial charge in [-0.1, -0.05) is 140 Å². The topological polar surface area (TPSA) is 17.8 Å². The van der Waals surface area contributed by atoms with Gasteiger partial charge in [-0.2, -0.15) is 0 Å². The maximum atomic E-state index is 5.27. The van der Waals surface area contributed by atoms with Gasteiger partial charge in [0.25, 0.3) is 0 Å². The molecule has 0 fully saturated rings. The number of aromatic nitrogens is 2. The van der Waals surface area contributed by atoms with Crippen LogP contribution in [0.25, 0.3) is 79.2 Å². The molecule has 6 aromatic rings. The molecule has 60 heavy (non-hydrogen) atoms. The molecule has 0 spiro atoms. The minimum atomic E-state index is 0.288. The van der Waals surface area contributed by atoms with E-state index in [9.17, 15) is 0 Å². The van der Waals surface area contributed by atoms with E-state index >= 15 is 0 Å². The number of para-hydroxylation sites is 2. The molecule has 2 nitrogen and oxygen atoms in total. The van der Waals surface area contributed by atoms with Crippen molar-refractivity contribution in [3.63, 3.8) is 0 Å². The van der Waals surface area contributed by atoms with Crippen LogP contribution < -0.4 is 20.9 Å². The third-order valence-electron chi connectivity index (χ3n) is 14.4. The van der Waals surface area contributed by atoms with E-state index in [4.69, 9.17) is 4.98 Å². The van der Waals surface area contributed by atoms with Crippen LogP contribution in [-0.2, 0) is 0 Å². The van der Waals surface area contributed by atoms with Gasteiger partial charge in [0.15, 0.2) is 0 Å². The molecule has 0 bridgehead atoms. The molecule has 6 aliphatic rings. The van der Waals surface area contributed by atoms with Crippen LogP contribution in [0.1, 0.15) is 98.3 Å². The van der Waals surface area contributed by atoms with Crippen molar-refractivity contribution in [2.45, 2.75) is 77.2 Å². The van der Waals surface area contributed by atoms with Crippen LogP contribution in [0.5, 0.6) is 0 Å². The summed E-state index contributed by atoms with van der Waals surface area (Å²) in [6, 6.07) is 27.3. The van der Waals surface area contributed by atoms with Crippen LogP contribution in [0.4, 0.5) is 0 Å². The fourth-order valence-corrected chi connectivity index (χ4v) is 11.6. The molecule has 12 rings (SSSR count). The summed E-state index contributed by atoms with van der Waals surface area (Å²) < 4.78 is 2.49. The Kier molecular flexibility index (Phi) is 8.61. The lowest BCUT2D eigenvalue weighted by molar-refractivity contribution is 0.568. The van der Waals surface area contributed by atoms with Gasteiger partial charge in [0.05, 0.1) is 17.1 Å². The predicted molar refractivity (Wildman–Crippen MR) is 256 cm³/mol. The van der Waals surface area contributed by atoms with E-state index in [2.05, 4.69) is 163 Å². The van der Waals surface area contributed by atoms with Gasteiger partial charge in [-0.05, 0) is 182 Å². The van der Waals surface area contributed by atoms with Crippen LogP contribution in [-0.4, -0.2) is 9.55 Å². The second kappa shape index (κ2) is 14.5. The standard InChI is InChI=1S/C58H50N2/c1-37-45-17-5-7-19-47(45)55(48-20-8-6-18-46(37)48)38-27-29-39(30-28-38)56-49-21-9-11-23-51(49)57(52-24-12-10-22-50(52)56)42-33-31-41-36-43(34-32-40(41)35-42)58-59-53-25-13-14-26-54(53)60(58)44-15-3-2-4-16-44/h2-5,7,9,11,13-15,17-27,29,32,34-35,41,44H,6,8,10,12,16,28,30-31,33,36H2,1H3. The molecule has 292 valence electrons. The molecule has 1 aromatic heterocycles. The number of hydrogen-bond acceptors (Lipinski definition) is 1. The fraction of sp³-hybridized carbons (Fsp3) is 0.224. The third-order valence-corrected chi connectivity index (χ3v) is 14.4. The fourth-order valence-electron chi connectivity index (χ4n) is 11.6. The molecule has 0 N–H and O–H groups in total. The van der Waals surface area contributed by atoms with E-state index in [1.54, 1.807) is 0 Å². The summed E-state index contributed by atoms with van der Waals surface area (Å²) in [5, 5.41) is 11.4. The molecule has 1 heterocycles. The first-order valence-electron chi connectivity index (χ1n) is 22.5. The Morgan fingerprint density at radius 1 is 0.567 bits per heavy atom. The van der Waals surface area contributed by atoms with Gasteiger partial charge in [-0.15, -0.1) is 0 Å². The average Bonchev–Trinajstić information content (AvgIpc) is 3.71. The predicted octanol–water partition coefficient (Wildman–Crippen LogP) is 11.9. The van der Waals surface area contributed by atoms with E-state index in [-0.39, 0.29) is 6.04 Å². The van der Waals surface area contributed by atoms with Gasteiger partial charge in [0.1, 0.15) is 5.82 Å². The Morgan fingerprint density at radius 3 is 1.82 bits per heavy atom. The highest BCUT2D eigenvalue weighted by Gasteiger charge is 2.29. The molecule has 6 aliphatic carbocycles. The van der Waals surface area contributed by atoms with Crippen molar-refractivity contribution in [3.8, 4) is 0 Å². The van der Waals surface area contributed by atoms with E-state index in [1.807, 2.05) is 0 Å². The molecule has 2 unspecified atom stereocenters. The molecular weight excluding hydrogens is 725 g/mol. The zero-order chi connectivity index (χ0) is 39.7. The zero-order valence-electron chi connectivity index (χ0n) is 34.6. The monoisotopic (exact) mass is 774 g/mol. The molecule has 0 saturated heterocycles. The Morgan fingerprint density at radius 2 is 1.15 bits per heavy atom. The van der Waals surface area contributed by atoms with Gasteiger partial charge in [-0.25, -0.2) is 4.98 Å². The summed E-state index contributed by atoms with van der Waals surface area (Å²) in [4.78, 5) is 5.27. The van der Waals surface area contributed by atoms with Crippen LogP contribution >= 0.6 is 0 Å². The number of rotatable bonds is 5. The Balaban J connectivity index is 0.959. The molecular formula is C58H50N2. The maximum absolute atomic E-state index is 5.27. The van der Waals surface area contributed by atoms with Gasteiger partial charge in [-0.3, -0.25) is 0 Å². The zero-order valence-corrected chi connectivity index (χ0v) is 34.6. The largest absolute Gasteiger partial charge is 0.317 e. The summed E-state index contributed by atoms with van der Waals surface area (Å²) in [5.41, 5.74) is 15.4. The SMILES string of the molecule is Cc1c2c(c(C3=CC=C(c4c5c(c(C6=CC7=CC=C(c8nc9ccccc9n8C8C=CC=CC8)CC7CC6)c6ccccc46)=CCCC=5)CC3)c3ccccc13)=CCCC=2. The van der Waals surface area contributed by atoms with Crippen molar-refractivity contribution in [1.82, 2.24) is 9.55 Å². The molecule has 2 atom stereocenters. The minimum absolute atomic E-state index is 0.288. The summed E-state index contributed by atoms with van der Waals surface area (Å²) in [7, 11) is 0. The minimum Gasteiger partial charge on any atom is -0.317 e. The van der Waals surface area contributed by atoms with Gasteiger partial charge < -0.3 is 4.57 Å². The lowest BCUT2D eigenvalue weighted by Crippen LogP contribution is -2.35. The Hall–Kier alpha value is -6.25. The first kappa shape index (κ1) is 35.7. The number of allylic oxidation sites excluding steroid dienone is 14. The van der Waals surface area contributed by atoms with Gasteiger partial charge in [0.2, 0.25) is 0 Å². The molecule has 0 amide bonds. The van der Waals surface area contributed by atoms with Crippen molar-refractivity contribution < 1.29 is 0 Å². The third kappa shape index (κ3) is 5.71. The Labute approximate surface area is 352 Å². The van der Waals surface area contributed by atoms with Crippen LogP contribution in [0, 0.1) is 12.8 Å². The van der Waals surface area contributed by atoms with E-state index < -0.39 is 0 Å². The number of benzene rings is 5. The Bertz CT molecular complexity index is 3330. The van der Waals surface area contributed by atoms with Gasteiger partial charge in [0, 0.05) is 0 Å². The van der Waals surface area contributed by atoms with Crippen LogP contribution in [0.2, 0.25) is 0 Å². The van der Waals surface area contributed by atoms with Crippen LogP contribution in [0.3, 0.4) is 0 Å². The lowest BCUT2D eigenvalue weighted by Gasteiger charge is -2.30. The summed E-state index contributed by atoms with van der Waals surface area (Å²) in [6.45, 7) is 2.31. The van der Waals surface area contributed by atoms with Crippen molar-refractivity contribution in [1.29, 1.82) is 0 Å². The molecule has 0 saturated carbocycles. The average molecular weight is 775 g/mol. The number of nitrogens with zero attached hydrogens (tertiary/aromatic N) is 2. The van der Waals surface area contributed by atoms with Crippen LogP contribution in [0.15, 0.2) is 133 Å². The van der Waals surface area contributed by atoms with Crippen molar-refractivity contribution in [2.24, 2.45) is 5.92 Å². The number of fused-ring (bicyclic) bond motifs is 6. The highest BCUT2D eigenvalue weighted by Crippen LogP contribution is 2.44. The first-order chi connectivity index (χ1) is 29.7. The second-order valence-corrected chi connectivity index (χ2v) is 17.7. The number of aryl methyl sites for hydroxylation is 1. The second-order valence-electron chi connectivity index (χ2n) is 17.7. The van der Waals surface area contributed by atoms with Crippen molar-refractivity contribution in [2.75, 3.05) is 0 Å². The number of hydrogen-bond donors (Lipinski definition) is 0. The molecule has 2 heteroatoms. The van der Waals surface area contributed by atoms with Crippen molar-refractivity contribution >= 4 is 79.2 Å². The highest BCUT2D eigenvalue weighted by molar-refractivity contribution is 6.03. The highest BCUT2D eigenvalue weighted by atomic mass is 15.1. The normalized spacial score (nSPS) is 20.6.